The van der Waals surface area contributed by atoms with Gasteiger partial charge in [-0.1, -0.05) is 0 Å². The highest BCUT2D eigenvalue weighted by molar-refractivity contribution is 5.77. The number of ether oxygens (including phenoxy) is 1. The summed E-state index contributed by atoms with van der Waals surface area (Å²) in [6, 6.07) is 6.49. The summed E-state index contributed by atoms with van der Waals surface area (Å²) in [5, 5.41) is 0. The molecule has 0 N–H and O–H groups in total. The van der Waals surface area contributed by atoms with Gasteiger partial charge in [-0.15, -0.1) is 0 Å². The fraction of sp³-hybridized carbons (Fsp3) is 0.533. The van der Waals surface area contributed by atoms with E-state index in [1.807, 2.05) is 4.90 Å². The van der Waals surface area contributed by atoms with Gasteiger partial charge in [0.2, 0.25) is 0 Å². The Bertz CT molecular complexity index is 465. The van der Waals surface area contributed by atoms with Crippen molar-refractivity contribution in [2.24, 2.45) is 0 Å². The molecule has 2 fully saturated rings. The van der Waals surface area contributed by atoms with Gasteiger partial charge in [0.15, 0.2) is 6.61 Å². The fourth-order valence-electron chi connectivity index (χ4n) is 2.54. The summed E-state index contributed by atoms with van der Waals surface area (Å²) in [4.78, 5) is 16.4. The Hall–Kier alpha value is -1.62. The van der Waals surface area contributed by atoms with Crippen LogP contribution in [0.2, 0.25) is 0 Å². The quantitative estimate of drug-likeness (QED) is 0.837. The maximum atomic E-state index is 12.7. The van der Waals surface area contributed by atoms with Gasteiger partial charge in [-0.05, 0) is 37.1 Å². The van der Waals surface area contributed by atoms with Crippen molar-refractivity contribution >= 4 is 5.91 Å². The van der Waals surface area contributed by atoms with Gasteiger partial charge in [0, 0.05) is 32.2 Å². The van der Waals surface area contributed by atoms with Gasteiger partial charge in [0.1, 0.15) is 11.6 Å². The molecule has 1 aliphatic heterocycles. The molecular weight excluding hydrogens is 259 g/mol. The predicted octanol–water partition coefficient (Wildman–Crippen LogP) is 1.51. The lowest BCUT2D eigenvalue weighted by atomic mass is 10.3. The number of nitrogens with zero attached hydrogens (tertiary/aromatic N) is 2. The topological polar surface area (TPSA) is 32.8 Å². The number of benzene rings is 1. The molecule has 0 aromatic heterocycles. The number of hydrogen-bond acceptors (Lipinski definition) is 3. The highest BCUT2D eigenvalue weighted by Crippen LogP contribution is 2.27. The predicted molar refractivity (Wildman–Crippen MR) is 73.1 cm³/mol. The van der Waals surface area contributed by atoms with Gasteiger partial charge in [0.05, 0.1) is 0 Å². The third-order valence-electron chi connectivity index (χ3n) is 3.91. The van der Waals surface area contributed by atoms with Crippen molar-refractivity contribution in [3.63, 3.8) is 0 Å². The summed E-state index contributed by atoms with van der Waals surface area (Å²) in [7, 11) is 0. The Morgan fingerprint density at radius 2 is 1.80 bits per heavy atom. The first-order chi connectivity index (χ1) is 9.72. The molecule has 5 heteroatoms. The molecule has 1 saturated heterocycles. The minimum atomic E-state index is -0.306. The van der Waals surface area contributed by atoms with Gasteiger partial charge in [-0.25, -0.2) is 4.39 Å². The van der Waals surface area contributed by atoms with Gasteiger partial charge in [0.25, 0.3) is 5.91 Å². The van der Waals surface area contributed by atoms with Crippen molar-refractivity contribution in [3.8, 4) is 5.75 Å². The van der Waals surface area contributed by atoms with Gasteiger partial charge in [-0.2, -0.15) is 0 Å². The second kappa shape index (κ2) is 5.79. The largest absolute Gasteiger partial charge is 0.484 e. The SMILES string of the molecule is O=C(COc1ccc(F)cc1)N1CCN(C2CC2)CC1. The van der Waals surface area contributed by atoms with Crippen LogP contribution in [0.4, 0.5) is 4.39 Å². The number of piperazine rings is 1. The van der Waals surface area contributed by atoms with Crippen molar-refractivity contribution < 1.29 is 13.9 Å². The van der Waals surface area contributed by atoms with E-state index in [4.69, 9.17) is 4.74 Å². The summed E-state index contributed by atoms with van der Waals surface area (Å²) in [6.45, 7) is 3.51. The third-order valence-corrected chi connectivity index (χ3v) is 3.91. The summed E-state index contributed by atoms with van der Waals surface area (Å²) >= 11 is 0. The molecule has 0 radical (unpaired) electrons. The van der Waals surface area contributed by atoms with E-state index in [2.05, 4.69) is 4.90 Å². The first-order valence-corrected chi connectivity index (χ1v) is 7.12. The lowest BCUT2D eigenvalue weighted by Gasteiger charge is -2.34. The average molecular weight is 278 g/mol. The zero-order valence-corrected chi connectivity index (χ0v) is 11.4. The molecule has 20 heavy (non-hydrogen) atoms. The molecule has 0 spiro atoms. The van der Waals surface area contributed by atoms with Crippen LogP contribution in [0.1, 0.15) is 12.8 Å². The van der Waals surface area contributed by atoms with Crippen LogP contribution in [0, 0.1) is 5.82 Å². The molecule has 1 aromatic carbocycles. The second-order valence-corrected chi connectivity index (χ2v) is 5.39. The number of hydrogen-bond donors (Lipinski definition) is 0. The molecule has 1 aromatic rings. The molecule has 1 heterocycles. The zero-order valence-electron chi connectivity index (χ0n) is 11.4. The molecule has 1 amide bonds. The van der Waals surface area contributed by atoms with Crippen LogP contribution in [0.5, 0.6) is 5.75 Å². The van der Waals surface area contributed by atoms with Crippen LogP contribution in [-0.2, 0) is 4.79 Å². The molecular formula is C15H19FN2O2. The lowest BCUT2D eigenvalue weighted by Crippen LogP contribution is -2.50. The van der Waals surface area contributed by atoms with Crippen molar-refractivity contribution in [3.05, 3.63) is 30.1 Å². The van der Waals surface area contributed by atoms with Crippen LogP contribution in [0.3, 0.4) is 0 Å². The van der Waals surface area contributed by atoms with E-state index in [0.717, 1.165) is 32.2 Å². The van der Waals surface area contributed by atoms with E-state index in [9.17, 15) is 9.18 Å². The van der Waals surface area contributed by atoms with Crippen LogP contribution in [-0.4, -0.2) is 54.5 Å². The molecule has 0 bridgehead atoms. The minimum absolute atomic E-state index is 0.00442. The maximum absolute atomic E-state index is 12.7. The third kappa shape index (κ3) is 3.28. The average Bonchev–Trinajstić information content (AvgIpc) is 3.31. The molecule has 4 nitrogen and oxygen atoms in total. The second-order valence-electron chi connectivity index (χ2n) is 5.39. The normalized spacial score (nSPS) is 19.9. The number of rotatable bonds is 4. The number of amides is 1. The molecule has 108 valence electrons. The van der Waals surface area contributed by atoms with Crippen molar-refractivity contribution in [2.75, 3.05) is 32.8 Å². The smallest absolute Gasteiger partial charge is 0.260 e. The molecule has 0 atom stereocenters. The van der Waals surface area contributed by atoms with Crippen LogP contribution < -0.4 is 4.74 Å². The van der Waals surface area contributed by atoms with Crippen LogP contribution in [0.25, 0.3) is 0 Å². The van der Waals surface area contributed by atoms with Gasteiger partial charge in [-0.3, -0.25) is 9.69 Å². The number of halogens is 1. The maximum Gasteiger partial charge on any atom is 0.260 e. The van der Waals surface area contributed by atoms with Crippen molar-refractivity contribution in [2.45, 2.75) is 18.9 Å². The van der Waals surface area contributed by atoms with E-state index < -0.39 is 0 Å². The first-order valence-electron chi connectivity index (χ1n) is 7.12. The minimum Gasteiger partial charge on any atom is -0.484 e. The van der Waals surface area contributed by atoms with Crippen molar-refractivity contribution in [1.82, 2.24) is 9.80 Å². The van der Waals surface area contributed by atoms with Crippen LogP contribution in [0.15, 0.2) is 24.3 Å². The molecule has 2 aliphatic rings. The monoisotopic (exact) mass is 278 g/mol. The zero-order chi connectivity index (χ0) is 13.9. The van der Waals surface area contributed by atoms with Gasteiger partial charge < -0.3 is 9.64 Å². The van der Waals surface area contributed by atoms with Gasteiger partial charge >= 0.3 is 0 Å². The molecule has 1 aliphatic carbocycles. The summed E-state index contributed by atoms with van der Waals surface area (Å²) in [5.74, 6) is 0.223. The molecule has 3 rings (SSSR count). The fourth-order valence-corrected chi connectivity index (χ4v) is 2.54. The van der Waals surface area contributed by atoms with E-state index in [0.29, 0.717) is 5.75 Å². The Balaban J connectivity index is 1.43. The van der Waals surface area contributed by atoms with E-state index >= 15 is 0 Å². The molecule has 1 saturated carbocycles. The summed E-state index contributed by atoms with van der Waals surface area (Å²) < 4.78 is 18.1. The van der Waals surface area contributed by atoms with E-state index in [1.165, 1.54) is 37.1 Å². The van der Waals surface area contributed by atoms with Crippen molar-refractivity contribution in [1.29, 1.82) is 0 Å². The summed E-state index contributed by atoms with van der Waals surface area (Å²) in [6.07, 6.45) is 2.61. The van der Waals surface area contributed by atoms with E-state index in [1.54, 1.807) is 0 Å². The van der Waals surface area contributed by atoms with E-state index in [-0.39, 0.29) is 18.3 Å². The Morgan fingerprint density at radius 3 is 2.40 bits per heavy atom. The Labute approximate surface area is 118 Å². The Morgan fingerprint density at radius 1 is 1.15 bits per heavy atom. The number of carbonyl (C=O) groups excluding carboxylic acids is 1. The highest BCUT2D eigenvalue weighted by atomic mass is 19.1. The molecule has 0 unspecified atom stereocenters. The number of carbonyl (C=O) groups is 1. The Kier molecular flexibility index (Phi) is 3.87. The standard InChI is InChI=1S/C15H19FN2O2/c16-12-1-5-14(6-2-12)20-11-15(19)18-9-7-17(8-10-18)13-3-4-13/h1-2,5-6,13H,3-4,7-11H2. The lowest BCUT2D eigenvalue weighted by molar-refractivity contribution is -0.135. The summed E-state index contributed by atoms with van der Waals surface area (Å²) in [5.41, 5.74) is 0. The highest BCUT2D eigenvalue weighted by Gasteiger charge is 2.32. The van der Waals surface area contributed by atoms with Crippen LogP contribution >= 0.6 is 0 Å². The first kappa shape index (κ1) is 13.4.